The van der Waals surface area contributed by atoms with Crippen molar-refractivity contribution < 1.29 is 32.1 Å². The van der Waals surface area contributed by atoms with Crippen LogP contribution in [0.2, 0.25) is 0 Å². The van der Waals surface area contributed by atoms with Gasteiger partial charge in [-0.05, 0) is 31.2 Å². The molecule has 34 heavy (non-hydrogen) atoms. The molecule has 182 valence electrons. The number of β-lactam (4-membered cyclic amide) rings is 1. The molecule has 1 aliphatic heterocycles. The first kappa shape index (κ1) is 24.9. The van der Waals surface area contributed by atoms with Crippen LogP contribution in [0, 0.1) is 5.41 Å². The van der Waals surface area contributed by atoms with Crippen LogP contribution in [0.5, 0.6) is 5.75 Å². The lowest BCUT2D eigenvalue weighted by Gasteiger charge is -2.42. The van der Waals surface area contributed by atoms with Crippen LogP contribution in [-0.4, -0.2) is 70.9 Å². The third-order valence-corrected chi connectivity index (χ3v) is 6.30. The molecule has 2 aromatic rings. The lowest BCUT2D eigenvalue weighted by molar-refractivity contribution is -0.143. The Labute approximate surface area is 197 Å². The lowest BCUT2D eigenvalue weighted by atomic mass is 10.0. The maximum absolute atomic E-state index is 12.7. The Morgan fingerprint density at radius 2 is 2.03 bits per heavy atom. The monoisotopic (exact) mass is 511 g/mol. The zero-order valence-electron chi connectivity index (χ0n) is 17.7. The summed E-state index contributed by atoms with van der Waals surface area (Å²) >= 11 is 1.05. The molecular weight excluding hydrogens is 490 g/mol. The normalized spacial score (nSPS) is 18.2. The van der Waals surface area contributed by atoms with E-state index in [0.29, 0.717) is 11.3 Å². The third-order valence-electron chi connectivity index (χ3n) is 4.61. The van der Waals surface area contributed by atoms with Crippen LogP contribution in [0.15, 0.2) is 34.8 Å². The van der Waals surface area contributed by atoms with Gasteiger partial charge in [0.2, 0.25) is 0 Å². The van der Waals surface area contributed by atoms with Crippen molar-refractivity contribution in [1.29, 1.82) is 5.41 Å². The number of nitrogens with zero attached hydrogens (tertiary/aromatic N) is 3. The summed E-state index contributed by atoms with van der Waals surface area (Å²) in [4.78, 5) is 33.9. The van der Waals surface area contributed by atoms with Gasteiger partial charge in [-0.3, -0.25) is 19.6 Å². The van der Waals surface area contributed by atoms with Gasteiger partial charge in [0.1, 0.15) is 29.9 Å². The van der Waals surface area contributed by atoms with Crippen LogP contribution < -0.4 is 21.5 Å². The SMILES string of the molecule is C[C@@H]1[C@H](NC(=O)C(=NOCCOc2ccc(C(=N)N)cc2)c2csc(N)n2)C(=O)N1S(=O)(=O)O. The van der Waals surface area contributed by atoms with E-state index in [1.807, 2.05) is 0 Å². The van der Waals surface area contributed by atoms with Crippen LogP contribution in [0.4, 0.5) is 5.13 Å². The van der Waals surface area contributed by atoms with Crippen molar-refractivity contribution >= 4 is 50.1 Å². The van der Waals surface area contributed by atoms with Crippen molar-refractivity contribution in [3.05, 3.63) is 40.9 Å². The standard InChI is InChI=1S/C18H21N7O7S2/c1-9-13(17(27)25(9)34(28,29)30)23-16(26)14(12-8-33-18(21)22-12)24-32-7-6-31-11-4-2-10(3-5-11)15(19)20/h2-5,8-9,13H,6-7H2,1H3,(H3,19,20)(H2,21,22)(H,23,26)(H,28,29,30)/t9-,13+/m1/s1. The fourth-order valence-corrected chi connectivity index (χ4v) is 4.38. The summed E-state index contributed by atoms with van der Waals surface area (Å²) in [5.41, 5.74) is 11.4. The number of nitrogens with one attached hydrogen (secondary N) is 2. The molecule has 0 saturated carbocycles. The van der Waals surface area contributed by atoms with Crippen molar-refractivity contribution in [3.63, 3.8) is 0 Å². The summed E-state index contributed by atoms with van der Waals surface area (Å²) in [7, 11) is -4.73. The summed E-state index contributed by atoms with van der Waals surface area (Å²) in [6, 6.07) is 4.30. The molecule has 1 fully saturated rings. The number of benzene rings is 1. The molecule has 1 saturated heterocycles. The van der Waals surface area contributed by atoms with E-state index >= 15 is 0 Å². The van der Waals surface area contributed by atoms with Gasteiger partial charge < -0.3 is 26.4 Å². The minimum absolute atomic E-state index is 0.0554. The van der Waals surface area contributed by atoms with Crippen molar-refractivity contribution in [2.45, 2.75) is 19.0 Å². The predicted molar refractivity (Wildman–Crippen MR) is 122 cm³/mol. The molecule has 0 radical (unpaired) electrons. The number of nitrogens with two attached hydrogens (primary N) is 2. The quantitative estimate of drug-likeness (QED) is 0.0675. The molecule has 0 unspecified atom stereocenters. The number of thiazole rings is 1. The number of hydrogen-bond acceptors (Lipinski definition) is 11. The summed E-state index contributed by atoms with van der Waals surface area (Å²) in [6.45, 7) is 1.35. The molecular formula is C18H21N7O7S2. The first-order chi connectivity index (χ1) is 16.0. The van der Waals surface area contributed by atoms with Gasteiger partial charge in [0.25, 0.3) is 11.8 Å². The fraction of sp³-hybridized carbons (Fsp3) is 0.278. The van der Waals surface area contributed by atoms with Crippen molar-refractivity contribution in [3.8, 4) is 5.75 Å². The number of nitrogen functional groups attached to an aromatic ring is 2. The van der Waals surface area contributed by atoms with Crippen molar-refractivity contribution in [2.75, 3.05) is 18.9 Å². The molecule has 0 spiro atoms. The minimum Gasteiger partial charge on any atom is -0.490 e. The molecule has 1 aliphatic rings. The number of hydrogen-bond donors (Lipinski definition) is 5. The van der Waals surface area contributed by atoms with Crippen LogP contribution in [0.1, 0.15) is 18.2 Å². The van der Waals surface area contributed by atoms with E-state index in [4.69, 9.17) is 31.0 Å². The molecule has 3 rings (SSSR count). The highest BCUT2D eigenvalue weighted by atomic mass is 32.2. The Bertz CT molecular complexity index is 1230. The van der Waals surface area contributed by atoms with Gasteiger partial charge in [-0.25, -0.2) is 9.29 Å². The highest BCUT2D eigenvalue weighted by molar-refractivity contribution is 7.84. The maximum Gasteiger partial charge on any atom is 0.362 e. The van der Waals surface area contributed by atoms with Crippen LogP contribution in [0.25, 0.3) is 0 Å². The zero-order valence-corrected chi connectivity index (χ0v) is 19.3. The van der Waals surface area contributed by atoms with Gasteiger partial charge in [0, 0.05) is 10.9 Å². The average molecular weight is 512 g/mol. The Balaban J connectivity index is 1.61. The highest BCUT2D eigenvalue weighted by Crippen LogP contribution is 2.23. The van der Waals surface area contributed by atoms with Gasteiger partial charge in [0.15, 0.2) is 17.5 Å². The number of carbonyl (C=O) groups is 2. The number of rotatable bonds is 10. The molecule has 7 N–H and O–H groups in total. The van der Waals surface area contributed by atoms with E-state index in [0.717, 1.165) is 11.3 Å². The van der Waals surface area contributed by atoms with E-state index in [1.54, 1.807) is 24.3 Å². The minimum atomic E-state index is -4.73. The van der Waals surface area contributed by atoms with Crippen molar-refractivity contribution in [2.24, 2.45) is 10.9 Å². The Morgan fingerprint density at radius 3 is 2.56 bits per heavy atom. The van der Waals surface area contributed by atoms with Gasteiger partial charge in [-0.2, -0.15) is 8.42 Å². The summed E-state index contributed by atoms with van der Waals surface area (Å²) in [6.07, 6.45) is 0. The van der Waals surface area contributed by atoms with E-state index < -0.39 is 34.2 Å². The van der Waals surface area contributed by atoms with Gasteiger partial charge >= 0.3 is 10.3 Å². The first-order valence-corrected chi connectivity index (χ1v) is 11.9. The maximum atomic E-state index is 12.7. The molecule has 1 aromatic carbocycles. The Morgan fingerprint density at radius 1 is 1.35 bits per heavy atom. The molecule has 16 heteroatoms. The molecule has 1 aromatic heterocycles. The fourth-order valence-electron chi connectivity index (χ4n) is 2.95. The van der Waals surface area contributed by atoms with Crippen LogP contribution in [0.3, 0.4) is 0 Å². The summed E-state index contributed by atoms with van der Waals surface area (Å²) in [5, 5.41) is 15.1. The Hall–Kier alpha value is -3.76. The van der Waals surface area contributed by atoms with Crippen molar-refractivity contribution in [1.82, 2.24) is 14.6 Å². The van der Waals surface area contributed by atoms with Gasteiger partial charge in [0.05, 0.1) is 6.04 Å². The third kappa shape index (κ3) is 5.59. The number of amidine groups is 1. The Kier molecular flexibility index (Phi) is 7.33. The van der Waals surface area contributed by atoms with Gasteiger partial charge in [-0.1, -0.05) is 5.16 Å². The number of oxime groups is 1. The van der Waals surface area contributed by atoms with E-state index in [2.05, 4.69) is 15.5 Å². The highest BCUT2D eigenvalue weighted by Gasteiger charge is 2.51. The van der Waals surface area contributed by atoms with Crippen LogP contribution in [-0.2, 0) is 24.7 Å². The molecule has 0 bridgehead atoms. The second kappa shape index (κ2) is 10.0. The number of ether oxygens (including phenoxy) is 1. The second-order valence-corrected chi connectivity index (χ2v) is 9.11. The molecule has 2 amide bonds. The van der Waals surface area contributed by atoms with E-state index in [1.165, 1.54) is 12.3 Å². The summed E-state index contributed by atoms with van der Waals surface area (Å²) < 4.78 is 37.3. The molecule has 2 atom stereocenters. The van der Waals surface area contributed by atoms with E-state index in [-0.39, 0.29) is 39.9 Å². The largest absolute Gasteiger partial charge is 0.490 e. The lowest BCUT2D eigenvalue weighted by Crippen LogP contribution is -2.71. The predicted octanol–water partition coefficient (Wildman–Crippen LogP) is -0.673. The molecule has 14 nitrogen and oxygen atoms in total. The summed E-state index contributed by atoms with van der Waals surface area (Å²) in [5.74, 6) is -1.41. The number of amides is 2. The second-order valence-electron chi connectivity index (χ2n) is 6.93. The number of carbonyl (C=O) groups excluding carboxylic acids is 2. The number of anilines is 1. The smallest absolute Gasteiger partial charge is 0.362 e. The molecule has 0 aliphatic carbocycles. The van der Waals surface area contributed by atoms with Crippen LogP contribution >= 0.6 is 11.3 Å². The molecule has 2 heterocycles. The zero-order chi connectivity index (χ0) is 25.0. The van der Waals surface area contributed by atoms with Gasteiger partial charge in [-0.15, -0.1) is 11.3 Å². The number of aromatic nitrogens is 1. The topological polar surface area (TPSA) is 223 Å². The average Bonchev–Trinajstić information content (AvgIpc) is 3.19. The van der Waals surface area contributed by atoms with E-state index in [9.17, 15) is 18.0 Å². The first-order valence-electron chi connectivity index (χ1n) is 9.59.